The highest BCUT2D eigenvalue weighted by molar-refractivity contribution is 7.91. The Morgan fingerprint density at radius 1 is 0.730 bits per heavy atom. The Bertz CT molecular complexity index is 4000. The van der Waals surface area contributed by atoms with Gasteiger partial charge in [-0.25, -0.2) is 35.1 Å². The molecule has 1 saturated carbocycles. The number of carbonyl (C=O) groups is 4. The number of hydrogen-bond donors (Lipinski definition) is 6. The number of aryl methyl sites for hydroxylation is 1. The second-order valence-corrected chi connectivity index (χ2v) is 32.1. The van der Waals surface area contributed by atoms with Crippen LogP contribution in [-0.4, -0.2) is 139 Å². The number of anilines is 2. The van der Waals surface area contributed by atoms with Crippen molar-refractivity contribution in [3.05, 3.63) is 143 Å². The standard InChI is InChI=1S/C74H99F3N6O14S3/c1-6-41-82-62-35-30-52(2)49-60(62)73(3,4)63(82)28-15-10-16-29-64-74(5,59-26-17-18-27-61(59)83(64)42-21-47-99(91,92)93)38-19-11-14-24-56(84)25-20-39-80-72(88)54(50-53-31-33-57(85)34-32-53)51-58(86)36-43-96-45-46-97-44-40-79-65(87)37-48-98(89,90)71-67(76)66(75)70(100(78,94)95)68(77)69(71)81-55-22-12-8-7-9-13-23-55/h10,15-18,26-35,49,54-55,81H,6-9,11-14,19-25,36-48,50-51H2,1-5H3,(H5-,78,79,80,85,87,88,91,92,93,94,95)/p+1/t54-,74?/m1/s1. The number of unbranched alkanes of at least 4 members (excludes halogenated alkanes) is 2. The van der Waals surface area contributed by atoms with Crippen molar-refractivity contribution in [1.29, 1.82) is 0 Å². The van der Waals surface area contributed by atoms with Gasteiger partial charge in [-0.2, -0.15) is 13.0 Å². The first-order chi connectivity index (χ1) is 47.5. The summed E-state index contributed by atoms with van der Waals surface area (Å²) in [6, 6.07) is 20.5. The number of sulfone groups is 1. The van der Waals surface area contributed by atoms with Crippen molar-refractivity contribution >= 4 is 76.1 Å². The van der Waals surface area contributed by atoms with Gasteiger partial charge in [-0.3, -0.25) is 23.7 Å². The zero-order chi connectivity index (χ0) is 72.8. The highest BCUT2D eigenvalue weighted by Gasteiger charge is 2.45. The van der Waals surface area contributed by atoms with Gasteiger partial charge in [0, 0.05) is 105 Å². The van der Waals surface area contributed by atoms with Crippen LogP contribution in [0.2, 0.25) is 0 Å². The van der Waals surface area contributed by atoms with Gasteiger partial charge in [-0.05, 0) is 114 Å². The van der Waals surface area contributed by atoms with Crippen LogP contribution in [-0.2, 0) is 75.9 Å². The third kappa shape index (κ3) is 22.5. The van der Waals surface area contributed by atoms with Gasteiger partial charge in [0.25, 0.3) is 10.1 Å². The topological polar surface area (TPSA) is 298 Å². The van der Waals surface area contributed by atoms with Crippen LogP contribution >= 0.6 is 0 Å². The fourth-order valence-corrected chi connectivity index (χ4v) is 16.3. The Morgan fingerprint density at radius 2 is 1.41 bits per heavy atom. The van der Waals surface area contributed by atoms with Crippen molar-refractivity contribution in [2.75, 3.05) is 74.3 Å². The van der Waals surface area contributed by atoms with Crippen molar-refractivity contribution in [3.8, 4) is 5.75 Å². The van der Waals surface area contributed by atoms with Crippen LogP contribution in [0.4, 0.5) is 30.2 Å². The number of halogens is 3. The molecule has 2 aliphatic heterocycles. The average Bonchev–Trinajstić information content (AvgIpc) is 1.37. The monoisotopic (exact) mass is 1450 g/mol. The van der Waals surface area contributed by atoms with Gasteiger partial charge in [0.05, 0.1) is 49.0 Å². The number of benzene rings is 4. The van der Waals surface area contributed by atoms with E-state index in [2.05, 4.69) is 103 Å². The number of hydrogen-bond acceptors (Lipinski definition) is 15. The van der Waals surface area contributed by atoms with Gasteiger partial charge >= 0.3 is 0 Å². The summed E-state index contributed by atoms with van der Waals surface area (Å²) in [7, 11) is -14.3. The lowest BCUT2D eigenvalue weighted by Gasteiger charge is -2.30. The highest BCUT2D eigenvalue weighted by atomic mass is 32.2. The lowest BCUT2D eigenvalue weighted by atomic mass is 9.77. The molecule has 7 N–H and O–H groups in total. The number of amides is 2. The van der Waals surface area contributed by atoms with Gasteiger partial charge in [-0.15, -0.1) is 0 Å². The normalized spacial score (nSPS) is 17.4. The molecule has 0 aromatic heterocycles. The zero-order valence-electron chi connectivity index (χ0n) is 58.2. The van der Waals surface area contributed by atoms with Crippen LogP contribution < -0.4 is 26.0 Å². The Labute approximate surface area is 588 Å². The molecule has 7 rings (SSSR count). The Hall–Kier alpha value is -7.07. The quantitative estimate of drug-likeness (QED) is 0.00793. The van der Waals surface area contributed by atoms with Crippen LogP contribution in [0.3, 0.4) is 0 Å². The average molecular weight is 1450 g/mol. The molecule has 4 aromatic rings. The van der Waals surface area contributed by atoms with E-state index in [1.165, 1.54) is 34.7 Å². The SMILES string of the molecule is CCC[N+]1=C(C=CC=CC=C2N(CCCS(=O)(=O)O)c3ccccc3C2(C)CCCCCC(=O)CCCNC(=O)[C@@H](CC(=O)CCOCCOCCNC(=O)CCS(=O)(=O)c2c(F)c(F)c(S(N)(=O)=O)c(F)c2NC2CCCCCCC2)Cc2ccc(O)cc2)C(C)(C)c2cc(C)ccc21. The number of nitrogens with zero attached hydrogens (tertiary/aromatic N) is 2. The fourth-order valence-electron chi connectivity index (χ4n) is 13.6. The van der Waals surface area contributed by atoms with E-state index in [0.717, 1.165) is 74.0 Å². The molecule has 20 nitrogen and oxygen atoms in total. The molecule has 0 radical (unpaired) electrons. The minimum atomic E-state index is -5.18. The second kappa shape index (κ2) is 37.2. The van der Waals surface area contributed by atoms with E-state index in [-0.39, 0.29) is 106 Å². The molecule has 2 amide bonds. The lowest BCUT2D eigenvalue weighted by Crippen LogP contribution is -2.34. The third-order valence-electron chi connectivity index (χ3n) is 18.8. The van der Waals surface area contributed by atoms with E-state index in [9.17, 15) is 54.1 Å². The fraction of sp³-hybridized carbons (Fsp3) is 0.527. The Morgan fingerprint density at radius 3 is 2.11 bits per heavy atom. The van der Waals surface area contributed by atoms with E-state index in [1.807, 2.05) is 30.4 Å². The van der Waals surface area contributed by atoms with Crippen LogP contribution in [0, 0.1) is 30.3 Å². The van der Waals surface area contributed by atoms with E-state index in [1.54, 1.807) is 12.1 Å². The summed E-state index contributed by atoms with van der Waals surface area (Å²) in [6.45, 7) is 12.5. The maximum Gasteiger partial charge on any atom is 0.264 e. The number of sulfonamides is 1. The Kier molecular flexibility index (Phi) is 29.9. The second-order valence-electron chi connectivity index (χ2n) is 27.0. The molecule has 1 fully saturated rings. The van der Waals surface area contributed by atoms with E-state index in [4.69, 9.17) is 14.6 Å². The predicted octanol–water partition coefficient (Wildman–Crippen LogP) is 11.8. The third-order valence-corrected chi connectivity index (χ3v) is 22.3. The smallest absolute Gasteiger partial charge is 0.264 e. The maximum atomic E-state index is 15.8. The summed E-state index contributed by atoms with van der Waals surface area (Å²) in [5, 5.41) is 22.9. The number of ketones is 2. The Balaban J connectivity index is 0.828. The summed E-state index contributed by atoms with van der Waals surface area (Å²) >= 11 is 0. The minimum Gasteiger partial charge on any atom is -0.508 e. The van der Waals surface area contributed by atoms with Crippen molar-refractivity contribution in [1.82, 2.24) is 10.6 Å². The van der Waals surface area contributed by atoms with E-state index < -0.39 is 98.4 Å². The number of phenolic OH excluding ortho intramolecular Hbond substituents is 1. The van der Waals surface area contributed by atoms with Crippen LogP contribution in [0.15, 0.2) is 113 Å². The van der Waals surface area contributed by atoms with E-state index in [0.29, 0.717) is 51.5 Å². The number of fused-ring (bicyclic) bond motifs is 2. The number of Topliss-reactive ketones (excluding diaryl/α,β-unsaturated/α-hetero) is 2. The summed E-state index contributed by atoms with van der Waals surface area (Å²) in [5.74, 6) is -9.80. The molecule has 1 aliphatic carbocycles. The van der Waals surface area contributed by atoms with Crippen molar-refractivity contribution < 1.29 is 81.3 Å². The summed E-state index contributed by atoms with van der Waals surface area (Å²) in [4.78, 5) is 51.8. The number of phenols is 1. The molecule has 0 spiro atoms. The lowest BCUT2D eigenvalue weighted by molar-refractivity contribution is -0.437. The molecule has 2 heterocycles. The molecule has 4 aromatic carbocycles. The number of primary sulfonamides is 1. The molecule has 26 heteroatoms. The highest BCUT2D eigenvalue weighted by Crippen LogP contribution is 2.51. The zero-order valence-corrected chi connectivity index (χ0v) is 60.7. The first-order valence-electron chi connectivity index (χ1n) is 34.8. The summed E-state index contributed by atoms with van der Waals surface area (Å²) in [6.07, 6.45) is 19.9. The van der Waals surface area contributed by atoms with Crippen molar-refractivity contribution in [3.63, 3.8) is 0 Å². The molecule has 548 valence electrons. The van der Waals surface area contributed by atoms with Gasteiger partial charge < -0.3 is 35.4 Å². The predicted molar refractivity (Wildman–Crippen MR) is 381 cm³/mol. The van der Waals surface area contributed by atoms with Crippen LogP contribution in [0.5, 0.6) is 5.75 Å². The number of rotatable bonds is 40. The number of nitrogens with two attached hydrogens (primary N) is 1. The molecule has 2 atom stereocenters. The van der Waals surface area contributed by atoms with Gasteiger partial charge in [-0.1, -0.05) is 112 Å². The van der Waals surface area contributed by atoms with Crippen molar-refractivity contribution in [2.45, 2.75) is 190 Å². The summed E-state index contributed by atoms with van der Waals surface area (Å²) < 4.78 is 144. The van der Waals surface area contributed by atoms with E-state index >= 15 is 13.2 Å². The summed E-state index contributed by atoms with van der Waals surface area (Å²) in [5.41, 5.74) is 7.15. The van der Waals surface area contributed by atoms with Gasteiger partial charge in [0.1, 0.15) is 28.8 Å². The van der Waals surface area contributed by atoms with Crippen LogP contribution in [0.1, 0.15) is 172 Å². The molecule has 1 unspecified atom stereocenters. The molecule has 100 heavy (non-hydrogen) atoms. The largest absolute Gasteiger partial charge is 0.508 e. The molecule has 3 aliphatic rings. The minimum absolute atomic E-state index is 0.00942. The first kappa shape index (κ1) is 80.2. The number of allylic oxidation sites excluding steroid dienone is 6. The molecular weight excluding hydrogens is 1350 g/mol. The molecular formula is C74H100F3N6O14S3+. The van der Waals surface area contributed by atoms with Gasteiger partial charge in [0.2, 0.25) is 27.5 Å². The molecule has 0 bridgehead atoms. The number of ether oxygens (including phenoxy) is 2. The number of para-hydroxylation sites is 1. The van der Waals surface area contributed by atoms with Crippen LogP contribution in [0.25, 0.3) is 0 Å². The van der Waals surface area contributed by atoms with Crippen molar-refractivity contribution in [2.24, 2.45) is 11.1 Å². The van der Waals surface area contributed by atoms with Gasteiger partial charge in [0.15, 0.2) is 37.9 Å². The number of aromatic hydroxyl groups is 1. The number of nitrogens with one attached hydrogen (secondary N) is 3. The number of carbonyl (C=O) groups excluding carboxylic acids is 4. The molecule has 0 saturated heterocycles. The maximum absolute atomic E-state index is 15.8. The first-order valence-corrected chi connectivity index (χ1v) is 39.6.